The van der Waals surface area contributed by atoms with Gasteiger partial charge in [0.15, 0.2) is 5.89 Å². The lowest BCUT2D eigenvalue weighted by atomic mass is 9.95. The summed E-state index contributed by atoms with van der Waals surface area (Å²) in [6, 6.07) is 6.56. The molecule has 1 aromatic carbocycles. The zero-order valence-corrected chi connectivity index (χ0v) is 15.7. The van der Waals surface area contributed by atoms with E-state index in [0.717, 1.165) is 5.56 Å². The van der Waals surface area contributed by atoms with Crippen molar-refractivity contribution in [3.8, 4) is 11.3 Å². The van der Waals surface area contributed by atoms with E-state index in [1.165, 1.54) is 0 Å². The molecule has 0 radical (unpaired) electrons. The summed E-state index contributed by atoms with van der Waals surface area (Å²) in [6.07, 6.45) is 2.82. The summed E-state index contributed by atoms with van der Waals surface area (Å²) in [7, 11) is -3.62. The van der Waals surface area contributed by atoms with Gasteiger partial charge in [0, 0.05) is 24.6 Å². The zero-order valence-electron chi connectivity index (χ0n) is 14.1. The van der Waals surface area contributed by atoms with Crippen molar-refractivity contribution in [1.82, 2.24) is 9.71 Å². The maximum atomic E-state index is 12.6. The lowest BCUT2D eigenvalue weighted by Gasteiger charge is -2.31. The predicted molar refractivity (Wildman–Crippen MR) is 96.6 cm³/mol. The highest BCUT2D eigenvalue weighted by atomic mass is 35.5. The molecule has 134 valence electrons. The summed E-state index contributed by atoms with van der Waals surface area (Å²) in [6.45, 7) is 5.87. The molecule has 0 saturated heterocycles. The van der Waals surface area contributed by atoms with E-state index in [0.29, 0.717) is 24.4 Å². The van der Waals surface area contributed by atoms with Gasteiger partial charge in [-0.3, -0.25) is 0 Å². The quantitative estimate of drug-likeness (QED) is 0.777. The third kappa shape index (κ3) is 4.36. The minimum atomic E-state index is -3.62. The van der Waals surface area contributed by atoms with Gasteiger partial charge in [-0.05, 0) is 25.0 Å². The first-order valence-corrected chi connectivity index (χ1v) is 9.10. The number of aromatic nitrogens is 1. The monoisotopic (exact) mass is 373 g/mol. The van der Waals surface area contributed by atoms with Gasteiger partial charge in [0.2, 0.25) is 10.0 Å². The molecule has 0 aliphatic heterocycles. The first kappa shape index (κ1) is 20.6. The van der Waals surface area contributed by atoms with Crippen LogP contribution in [-0.4, -0.2) is 25.5 Å². The Balaban J connectivity index is 0.00000288. The number of benzene rings is 1. The Hall–Kier alpha value is -1.41. The molecule has 24 heavy (non-hydrogen) atoms. The first-order chi connectivity index (χ1) is 10.9. The first-order valence-electron chi connectivity index (χ1n) is 7.62. The van der Waals surface area contributed by atoms with Crippen LogP contribution in [0, 0.1) is 6.92 Å². The van der Waals surface area contributed by atoms with Crippen molar-refractivity contribution in [1.29, 1.82) is 0 Å². The number of oxazole rings is 1. The average molecular weight is 374 g/mol. The molecule has 3 N–H and O–H groups in total. The fourth-order valence-electron chi connectivity index (χ4n) is 2.37. The molecule has 1 heterocycles. The van der Waals surface area contributed by atoms with Crippen molar-refractivity contribution in [3.05, 3.63) is 36.4 Å². The highest BCUT2D eigenvalue weighted by molar-refractivity contribution is 7.89. The van der Waals surface area contributed by atoms with Crippen molar-refractivity contribution in [2.24, 2.45) is 5.73 Å². The van der Waals surface area contributed by atoms with Crippen molar-refractivity contribution < 1.29 is 12.8 Å². The summed E-state index contributed by atoms with van der Waals surface area (Å²) in [5, 5.41) is 0. The molecule has 1 aromatic heterocycles. The van der Waals surface area contributed by atoms with Crippen LogP contribution in [0.5, 0.6) is 0 Å². The minimum Gasteiger partial charge on any atom is -0.449 e. The van der Waals surface area contributed by atoms with Crippen molar-refractivity contribution in [3.63, 3.8) is 0 Å². The van der Waals surface area contributed by atoms with E-state index in [1.54, 1.807) is 37.5 Å². The molecule has 0 fully saturated rings. The van der Waals surface area contributed by atoms with E-state index < -0.39 is 15.6 Å². The van der Waals surface area contributed by atoms with Crippen LogP contribution in [-0.2, 0) is 10.0 Å². The number of halogens is 1. The number of nitrogens with two attached hydrogens (primary N) is 1. The topological polar surface area (TPSA) is 98.2 Å². The summed E-state index contributed by atoms with van der Waals surface area (Å²) in [5.74, 6) is 0.567. The van der Waals surface area contributed by atoms with Gasteiger partial charge in [0.05, 0.1) is 4.90 Å². The average Bonchev–Trinajstić information content (AvgIpc) is 2.99. The Kier molecular flexibility index (Phi) is 6.97. The molecule has 0 bridgehead atoms. The van der Waals surface area contributed by atoms with Crippen LogP contribution in [0.2, 0.25) is 0 Å². The largest absolute Gasteiger partial charge is 0.449 e. The summed E-state index contributed by atoms with van der Waals surface area (Å²) < 4.78 is 33.1. The van der Waals surface area contributed by atoms with E-state index >= 15 is 0 Å². The number of hydrogen-bond acceptors (Lipinski definition) is 5. The fourth-order valence-corrected chi connectivity index (χ4v) is 3.92. The van der Waals surface area contributed by atoms with Crippen LogP contribution in [0.15, 0.2) is 39.8 Å². The van der Waals surface area contributed by atoms with Crippen molar-refractivity contribution >= 4 is 22.4 Å². The molecule has 6 nitrogen and oxygen atoms in total. The molecule has 0 saturated carbocycles. The number of nitrogens with one attached hydrogen (secondary N) is 1. The van der Waals surface area contributed by atoms with Crippen LogP contribution in [0.1, 0.15) is 32.6 Å². The Bertz CT molecular complexity index is 745. The van der Waals surface area contributed by atoms with Crippen LogP contribution in [0.4, 0.5) is 0 Å². The van der Waals surface area contributed by atoms with Crippen molar-refractivity contribution in [2.45, 2.75) is 44.0 Å². The van der Waals surface area contributed by atoms with Gasteiger partial charge in [0.25, 0.3) is 0 Å². The smallest absolute Gasteiger partial charge is 0.241 e. The predicted octanol–water partition coefficient (Wildman–Crippen LogP) is 2.87. The Morgan fingerprint density at radius 3 is 2.21 bits per heavy atom. The molecule has 2 rings (SSSR count). The molecule has 8 heteroatoms. The van der Waals surface area contributed by atoms with E-state index in [2.05, 4.69) is 9.71 Å². The zero-order chi connectivity index (χ0) is 17.1. The van der Waals surface area contributed by atoms with Crippen LogP contribution >= 0.6 is 12.4 Å². The molecule has 0 aliphatic carbocycles. The number of nitrogens with zero attached hydrogens (tertiary/aromatic N) is 1. The van der Waals surface area contributed by atoms with Crippen LogP contribution in [0.3, 0.4) is 0 Å². The number of aryl methyl sites for hydroxylation is 1. The Morgan fingerprint density at radius 1 is 1.21 bits per heavy atom. The highest BCUT2D eigenvalue weighted by Crippen LogP contribution is 2.23. The number of rotatable bonds is 7. The second-order valence-corrected chi connectivity index (χ2v) is 7.26. The standard InChI is InChI=1S/C16H23N3O3S.ClH/c1-4-16(5-2,11-17)19-23(20,21)14-8-6-13(7-9-14)15-10-22-12(3)18-15;/h6-10,19H,4-5,11,17H2,1-3H3;1H. The van der Waals surface area contributed by atoms with Gasteiger partial charge < -0.3 is 10.2 Å². The fraction of sp³-hybridized carbons (Fsp3) is 0.438. The third-order valence-corrected chi connectivity index (χ3v) is 5.77. The van der Waals surface area contributed by atoms with Crippen LogP contribution < -0.4 is 10.5 Å². The second-order valence-electron chi connectivity index (χ2n) is 5.57. The van der Waals surface area contributed by atoms with Gasteiger partial charge in [-0.2, -0.15) is 0 Å². The SMILES string of the molecule is CCC(CC)(CN)NS(=O)(=O)c1ccc(-c2coc(C)n2)cc1.Cl. The number of hydrogen-bond donors (Lipinski definition) is 2. The van der Waals surface area contributed by atoms with Crippen LogP contribution in [0.25, 0.3) is 11.3 Å². The number of sulfonamides is 1. The van der Waals surface area contributed by atoms with E-state index in [9.17, 15) is 8.42 Å². The van der Waals surface area contributed by atoms with Gasteiger partial charge in [0.1, 0.15) is 12.0 Å². The lowest BCUT2D eigenvalue weighted by Crippen LogP contribution is -2.52. The van der Waals surface area contributed by atoms with E-state index in [-0.39, 0.29) is 23.8 Å². The molecule has 0 spiro atoms. The molecule has 0 aliphatic rings. The molecule has 0 amide bonds. The maximum Gasteiger partial charge on any atom is 0.241 e. The summed E-state index contributed by atoms with van der Waals surface area (Å²) in [5.41, 5.74) is 6.64. The normalized spacial score (nSPS) is 12.0. The molecular formula is C16H24ClN3O3S. The summed E-state index contributed by atoms with van der Waals surface area (Å²) in [4.78, 5) is 4.43. The molecule has 0 atom stereocenters. The lowest BCUT2D eigenvalue weighted by molar-refractivity contribution is 0.363. The van der Waals surface area contributed by atoms with E-state index in [1.807, 2.05) is 13.8 Å². The van der Waals surface area contributed by atoms with Gasteiger partial charge in [-0.15, -0.1) is 12.4 Å². The Labute approximate surface area is 149 Å². The summed E-state index contributed by atoms with van der Waals surface area (Å²) >= 11 is 0. The Morgan fingerprint density at radius 2 is 1.79 bits per heavy atom. The third-order valence-electron chi connectivity index (χ3n) is 4.17. The highest BCUT2D eigenvalue weighted by Gasteiger charge is 2.30. The molecular weight excluding hydrogens is 350 g/mol. The minimum absolute atomic E-state index is 0. The van der Waals surface area contributed by atoms with Gasteiger partial charge in [-0.25, -0.2) is 18.1 Å². The van der Waals surface area contributed by atoms with Crippen molar-refractivity contribution in [2.75, 3.05) is 6.54 Å². The van der Waals surface area contributed by atoms with Gasteiger partial charge in [-0.1, -0.05) is 26.0 Å². The maximum absolute atomic E-state index is 12.6. The van der Waals surface area contributed by atoms with E-state index in [4.69, 9.17) is 10.2 Å². The molecule has 0 unspecified atom stereocenters. The van der Waals surface area contributed by atoms with Gasteiger partial charge >= 0.3 is 0 Å². The second kappa shape index (κ2) is 8.11. The molecule has 2 aromatic rings.